The Morgan fingerprint density at radius 3 is 2.80 bits per heavy atom. The Kier molecular flexibility index (Phi) is 4.44. The first-order chi connectivity index (χ1) is 12.1. The molecule has 1 unspecified atom stereocenters. The molecule has 2 aliphatic rings. The van der Waals surface area contributed by atoms with Crippen molar-refractivity contribution in [2.45, 2.75) is 37.3 Å². The summed E-state index contributed by atoms with van der Waals surface area (Å²) >= 11 is 0. The second kappa shape index (κ2) is 6.73. The molecule has 0 spiro atoms. The molecule has 0 radical (unpaired) electrons. The summed E-state index contributed by atoms with van der Waals surface area (Å²) in [7, 11) is 2.01. The summed E-state index contributed by atoms with van der Waals surface area (Å²) in [6.07, 6.45) is 5.04. The van der Waals surface area contributed by atoms with E-state index in [0.717, 1.165) is 31.2 Å². The average Bonchev–Trinajstić information content (AvgIpc) is 3.41. The Balaban J connectivity index is 1.37. The van der Waals surface area contributed by atoms with Crippen molar-refractivity contribution in [1.29, 1.82) is 0 Å². The normalized spacial score (nSPS) is 23.8. The van der Waals surface area contributed by atoms with Crippen LogP contribution in [0.1, 0.15) is 36.6 Å². The number of β-amino-alcohol motifs (C(OH)–C–C–N with tert-alkyl or cyclic N) is 1. The van der Waals surface area contributed by atoms with Gasteiger partial charge in [-0.15, -0.1) is 0 Å². The van der Waals surface area contributed by atoms with E-state index in [4.69, 9.17) is 0 Å². The lowest BCUT2D eigenvalue weighted by molar-refractivity contribution is 0.0561. The van der Waals surface area contributed by atoms with Gasteiger partial charge in [-0.2, -0.15) is 0 Å². The maximum atomic E-state index is 11.0. The number of likely N-dealkylation sites (tertiary alicyclic amines) is 1. The van der Waals surface area contributed by atoms with Gasteiger partial charge in [0.05, 0.1) is 5.60 Å². The van der Waals surface area contributed by atoms with E-state index in [0.29, 0.717) is 19.0 Å². The number of aliphatic hydroxyl groups is 1. The summed E-state index contributed by atoms with van der Waals surface area (Å²) in [5.74, 6) is 2.41. The minimum Gasteiger partial charge on any atom is -0.387 e. The zero-order valence-electron chi connectivity index (χ0n) is 14.8. The molecule has 0 bridgehead atoms. The molecule has 1 aliphatic carbocycles. The lowest BCUT2D eigenvalue weighted by Crippen LogP contribution is -2.44. The van der Waals surface area contributed by atoms with Gasteiger partial charge in [0.15, 0.2) is 0 Å². The summed E-state index contributed by atoms with van der Waals surface area (Å²) in [6, 6.07) is 12.4. The van der Waals surface area contributed by atoms with Gasteiger partial charge in [0.2, 0.25) is 0 Å². The summed E-state index contributed by atoms with van der Waals surface area (Å²) < 4.78 is 0. The Morgan fingerprint density at radius 1 is 1.24 bits per heavy atom. The number of aromatic nitrogens is 2. The Bertz CT molecular complexity index is 719. The van der Waals surface area contributed by atoms with E-state index in [1.807, 2.05) is 25.4 Å². The van der Waals surface area contributed by atoms with Crippen LogP contribution in [-0.4, -0.2) is 52.3 Å². The fourth-order valence-corrected chi connectivity index (χ4v) is 3.68. The predicted molar refractivity (Wildman–Crippen MR) is 98.6 cm³/mol. The summed E-state index contributed by atoms with van der Waals surface area (Å²) in [5.41, 5.74) is 0.610. The fourth-order valence-electron chi connectivity index (χ4n) is 3.68. The maximum Gasteiger partial charge on any atom is 0.133 e. The van der Waals surface area contributed by atoms with Crippen molar-refractivity contribution in [3.63, 3.8) is 0 Å². The molecule has 1 N–H and O–H groups in total. The highest BCUT2D eigenvalue weighted by molar-refractivity contribution is 5.38. The van der Waals surface area contributed by atoms with E-state index >= 15 is 0 Å². The molecule has 1 aromatic heterocycles. The number of rotatable bonds is 6. The molecule has 2 fully saturated rings. The number of nitrogens with zero attached hydrogens (tertiary/aromatic N) is 4. The quantitative estimate of drug-likeness (QED) is 0.877. The first-order valence-electron chi connectivity index (χ1n) is 9.14. The van der Waals surface area contributed by atoms with Crippen molar-refractivity contribution in [3.05, 3.63) is 54.0 Å². The molecular weight excluding hydrogens is 312 g/mol. The third kappa shape index (κ3) is 3.99. The van der Waals surface area contributed by atoms with Gasteiger partial charge in [-0.3, -0.25) is 4.90 Å². The molecule has 4 rings (SSSR count). The highest BCUT2D eigenvalue weighted by atomic mass is 16.3. The molecule has 5 nitrogen and oxygen atoms in total. The van der Waals surface area contributed by atoms with Crippen LogP contribution < -0.4 is 4.90 Å². The zero-order chi connectivity index (χ0) is 17.3. The highest BCUT2D eigenvalue weighted by Gasteiger charge is 2.37. The van der Waals surface area contributed by atoms with Gasteiger partial charge in [0.25, 0.3) is 0 Å². The van der Waals surface area contributed by atoms with Crippen LogP contribution in [0.3, 0.4) is 0 Å². The predicted octanol–water partition coefficient (Wildman–Crippen LogP) is 2.43. The molecule has 132 valence electrons. The smallest absolute Gasteiger partial charge is 0.133 e. The molecule has 2 heterocycles. The largest absolute Gasteiger partial charge is 0.387 e. The van der Waals surface area contributed by atoms with Crippen molar-refractivity contribution >= 4 is 5.82 Å². The van der Waals surface area contributed by atoms with E-state index in [1.165, 1.54) is 18.4 Å². The summed E-state index contributed by atoms with van der Waals surface area (Å²) in [6.45, 7) is 3.12. The molecular formula is C20H26N4O. The van der Waals surface area contributed by atoms with Crippen LogP contribution in [0.2, 0.25) is 0 Å². The zero-order valence-corrected chi connectivity index (χ0v) is 14.8. The summed E-state index contributed by atoms with van der Waals surface area (Å²) in [5, 5.41) is 11.0. The third-order valence-corrected chi connectivity index (χ3v) is 5.18. The van der Waals surface area contributed by atoms with Crippen LogP contribution in [0, 0.1) is 0 Å². The van der Waals surface area contributed by atoms with E-state index in [2.05, 4.69) is 44.0 Å². The third-order valence-electron chi connectivity index (χ3n) is 5.18. The van der Waals surface area contributed by atoms with Crippen LogP contribution in [-0.2, 0) is 6.54 Å². The first kappa shape index (κ1) is 16.5. The lowest BCUT2D eigenvalue weighted by Gasteiger charge is -2.30. The van der Waals surface area contributed by atoms with E-state index in [1.54, 1.807) is 0 Å². The maximum absolute atomic E-state index is 11.0. The molecule has 25 heavy (non-hydrogen) atoms. The van der Waals surface area contributed by atoms with Gasteiger partial charge >= 0.3 is 0 Å². The van der Waals surface area contributed by atoms with Gasteiger partial charge in [-0.25, -0.2) is 9.97 Å². The van der Waals surface area contributed by atoms with Gasteiger partial charge < -0.3 is 10.0 Å². The number of anilines is 1. The van der Waals surface area contributed by atoms with Gasteiger partial charge in [-0.1, -0.05) is 30.3 Å². The molecule has 1 saturated carbocycles. The van der Waals surface area contributed by atoms with Gasteiger partial charge in [-0.05, 0) is 30.9 Å². The highest BCUT2D eigenvalue weighted by Crippen LogP contribution is 2.38. The van der Waals surface area contributed by atoms with Gasteiger partial charge in [0.1, 0.15) is 11.6 Å². The second-order valence-electron chi connectivity index (χ2n) is 7.57. The average molecular weight is 338 g/mol. The monoisotopic (exact) mass is 338 g/mol. The summed E-state index contributed by atoms with van der Waals surface area (Å²) in [4.78, 5) is 13.5. The van der Waals surface area contributed by atoms with Crippen molar-refractivity contribution in [2.75, 3.05) is 31.6 Å². The van der Waals surface area contributed by atoms with Crippen molar-refractivity contribution < 1.29 is 5.11 Å². The van der Waals surface area contributed by atoms with Crippen LogP contribution in [0.5, 0.6) is 0 Å². The van der Waals surface area contributed by atoms with Crippen LogP contribution in [0.25, 0.3) is 0 Å². The van der Waals surface area contributed by atoms with Crippen LogP contribution in [0.15, 0.2) is 42.6 Å². The molecule has 2 aromatic rings. The minimum absolute atomic E-state index is 0.546. The number of benzene rings is 1. The molecule has 5 heteroatoms. The fraction of sp³-hybridized carbons (Fsp3) is 0.500. The van der Waals surface area contributed by atoms with Crippen molar-refractivity contribution in [2.24, 2.45) is 0 Å². The Morgan fingerprint density at radius 2 is 2.04 bits per heavy atom. The Labute approximate surface area is 149 Å². The van der Waals surface area contributed by atoms with E-state index in [9.17, 15) is 5.11 Å². The van der Waals surface area contributed by atoms with Crippen molar-refractivity contribution in [3.8, 4) is 0 Å². The molecule has 0 amide bonds. The molecule has 1 atom stereocenters. The first-order valence-corrected chi connectivity index (χ1v) is 9.14. The van der Waals surface area contributed by atoms with Crippen LogP contribution >= 0.6 is 0 Å². The minimum atomic E-state index is -0.686. The van der Waals surface area contributed by atoms with Gasteiger partial charge in [0, 0.05) is 45.3 Å². The Hall–Kier alpha value is -1.98. The number of hydrogen-bond acceptors (Lipinski definition) is 5. The second-order valence-corrected chi connectivity index (χ2v) is 7.57. The molecule has 1 saturated heterocycles. The molecule has 1 aromatic carbocycles. The number of likely N-dealkylation sites (N-methyl/N-ethyl adjacent to an activating group) is 1. The standard InChI is InChI=1S/C20H26N4O/c1-23(18-9-11-21-19(22-18)17-7-8-17)14-20(25)10-12-24(15-20)13-16-5-3-2-4-6-16/h2-6,9,11,17,25H,7-8,10,12-15H2,1H3. The SMILES string of the molecule is CN(CC1(O)CCN(Cc2ccccc2)C1)c1ccnc(C2CC2)n1. The van der Waals surface area contributed by atoms with Crippen LogP contribution in [0.4, 0.5) is 5.82 Å². The van der Waals surface area contributed by atoms with E-state index < -0.39 is 5.60 Å². The topological polar surface area (TPSA) is 52.5 Å². The van der Waals surface area contributed by atoms with Crippen molar-refractivity contribution in [1.82, 2.24) is 14.9 Å². The lowest BCUT2D eigenvalue weighted by atomic mass is 10.0. The number of hydrogen-bond donors (Lipinski definition) is 1. The van der Waals surface area contributed by atoms with E-state index in [-0.39, 0.29) is 0 Å². The molecule has 1 aliphatic heterocycles.